The second kappa shape index (κ2) is 4.90. The molecule has 18 heavy (non-hydrogen) atoms. The molecule has 1 aromatic rings. The van der Waals surface area contributed by atoms with E-state index in [0.29, 0.717) is 13.1 Å². The first-order valence-corrected chi connectivity index (χ1v) is 5.88. The van der Waals surface area contributed by atoms with Gasteiger partial charge in [-0.3, -0.25) is 4.90 Å². The summed E-state index contributed by atoms with van der Waals surface area (Å²) in [5.41, 5.74) is -1.04. The van der Waals surface area contributed by atoms with Crippen molar-refractivity contribution in [3.8, 4) is 0 Å². The van der Waals surface area contributed by atoms with Gasteiger partial charge in [0.2, 0.25) is 0 Å². The molecule has 0 amide bonds. The average molecular weight is 259 g/mol. The van der Waals surface area contributed by atoms with Gasteiger partial charge in [0.1, 0.15) is 0 Å². The van der Waals surface area contributed by atoms with Crippen molar-refractivity contribution in [3.63, 3.8) is 0 Å². The molecule has 0 unspecified atom stereocenters. The molecule has 1 atom stereocenters. The largest absolute Gasteiger partial charge is 0.418 e. The van der Waals surface area contributed by atoms with Crippen LogP contribution in [0.15, 0.2) is 30.3 Å². The number of halogens is 3. The van der Waals surface area contributed by atoms with Crippen molar-refractivity contribution in [2.45, 2.75) is 25.2 Å². The van der Waals surface area contributed by atoms with Crippen LogP contribution in [0.25, 0.3) is 0 Å². The van der Waals surface area contributed by atoms with E-state index in [4.69, 9.17) is 4.74 Å². The molecule has 2 rings (SSSR count). The number of hydrogen-bond donors (Lipinski definition) is 0. The molecule has 1 aromatic carbocycles. The number of hydrogen-bond acceptors (Lipinski definition) is 2. The summed E-state index contributed by atoms with van der Waals surface area (Å²) >= 11 is 0. The highest BCUT2D eigenvalue weighted by Gasteiger charge is 2.54. The zero-order valence-corrected chi connectivity index (χ0v) is 10.2. The Kier molecular flexibility index (Phi) is 3.64. The highest BCUT2D eigenvalue weighted by molar-refractivity contribution is 5.14. The number of ether oxygens (including phenoxy) is 1. The first-order chi connectivity index (χ1) is 8.41. The van der Waals surface area contributed by atoms with Crippen molar-refractivity contribution >= 4 is 0 Å². The van der Waals surface area contributed by atoms with Crippen LogP contribution in [0, 0.1) is 0 Å². The monoisotopic (exact) mass is 259 g/mol. The highest BCUT2D eigenvalue weighted by atomic mass is 19.4. The van der Waals surface area contributed by atoms with E-state index in [2.05, 4.69) is 0 Å². The van der Waals surface area contributed by atoms with Gasteiger partial charge in [0.05, 0.1) is 6.61 Å². The van der Waals surface area contributed by atoms with E-state index in [1.54, 1.807) is 4.90 Å². The number of morpholine rings is 1. The molecule has 0 saturated carbocycles. The number of alkyl halides is 3. The van der Waals surface area contributed by atoms with Crippen molar-refractivity contribution < 1.29 is 17.9 Å². The van der Waals surface area contributed by atoms with Crippen molar-refractivity contribution in [3.05, 3.63) is 35.9 Å². The summed E-state index contributed by atoms with van der Waals surface area (Å²) in [5.74, 6) is 0. The van der Waals surface area contributed by atoms with Crippen molar-refractivity contribution in [1.82, 2.24) is 4.90 Å². The van der Waals surface area contributed by atoms with Crippen LogP contribution in [0.4, 0.5) is 13.2 Å². The molecule has 1 aliphatic heterocycles. The van der Waals surface area contributed by atoms with Gasteiger partial charge in [-0.05, 0) is 12.5 Å². The van der Waals surface area contributed by atoms with Crippen LogP contribution >= 0.6 is 0 Å². The molecule has 2 nitrogen and oxygen atoms in total. The van der Waals surface area contributed by atoms with Crippen LogP contribution in [0.5, 0.6) is 0 Å². The Labute approximate surface area is 104 Å². The molecule has 100 valence electrons. The lowest BCUT2D eigenvalue weighted by molar-refractivity contribution is -0.289. The smallest absolute Gasteiger partial charge is 0.363 e. The van der Waals surface area contributed by atoms with Gasteiger partial charge in [0, 0.05) is 19.6 Å². The second-order valence-corrected chi connectivity index (χ2v) is 4.77. The molecule has 0 N–H and O–H groups in total. The molecule has 5 heteroatoms. The molecule has 1 saturated heterocycles. The van der Waals surface area contributed by atoms with Gasteiger partial charge in [-0.15, -0.1) is 0 Å². The van der Waals surface area contributed by atoms with Crippen molar-refractivity contribution in [1.29, 1.82) is 0 Å². The van der Waals surface area contributed by atoms with Crippen LogP contribution in [0.3, 0.4) is 0 Å². The summed E-state index contributed by atoms with van der Waals surface area (Å²) in [6.45, 7) is 2.16. The molecule has 0 bridgehead atoms. The maximum atomic E-state index is 12.9. The van der Waals surface area contributed by atoms with Crippen LogP contribution in [0.2, 0.25) is 0 Å². The Morgan fingerprint density at radius 2 is 1.94 bits per heavy atom. The molecule has 0 aromatic heterocycles. The number of nitrogens with zero attached hydrogens (tertiary/aromatic N) is 1. The lowest BCUT2D eigenvalue weighted by Gasteiger charge is -2.41. The molecular formula is C13H16F3NO. The fourth-order valence-electron chi connectivity index (χ4n) is 2.10. The van der Waals surface area contributed by atoms with Crippen molar-refractivity contribution in [2.75, 3.05) is 19.7 Å². The Morgan fingerprint density at radius 1 is 1.28 bits per heavy atom. The zero-order chi connectivity index (χ0) is 13.2. The SMILES string of the molecule is C[C@]1(C(F)(F)F)CN(Cc2ccccc2)CCO1. The third-order valence-electron chi connectivity index (χ3n) is 3.20. The minimum absolute atomic E-state index is 0.114. The quantitative estimate of drug-likeness (QED) is 0.809. The number of rotatable bonds is 2. The van der Waals surface area contributed by atoms with E-state index in [-0.39, 0.29) is 13.2 Å². The van der Waals surface area contributed by atoms with Crippen molar-refractivity contribution in [2.24, 2.45) is 0 Å². The Hall–Kier alpha value is -1.07. The normalized spacial score (nSPS) is 26.2. The van der Waals surface area contributed by atoms with Gasteiger partial charge in [-0.2, -0.15) is 13.2 Å². The van der Waals surface area contributed by atoms with E-state index in [9.17, 15) is 13.2 Å². The maximum Gasteiger partial charge on any atom is 0.418 e. The molecule has 0 spiro atoms. The van der Waals surface area contributed by atoms with Gasteiger partial charge < -0.3 is 4.74 Å². The fourth-order valence-corrected chi connectivity index (χ4v) is 2.10. The summed E-state index contributed by atoms with van der Waals surface area (Å²) < 4.78 is 43.6. The molecular weight excluding hydrogens is 243 g/mol. The lowest BCUT2D eigenvalue weighted by Crippen LogP contribution is -2.57. The standard InChI is InChI=1S/C13H16F3NO/c1-12(13(14,15)16)10-17(7-8-18-12)9-11-5-3-2-4-6-11/h2-6H,7-10H2,1H3/t12-/m1/s1. The van der Waals surface area contributed by atoms with Gasteiger partial charge in [0.15, 0.2) is 5.60 Å². The second-order valence-electron chi connectivity index (χ2n) is 4.77. The topological polar surface area (TPSA) is 12.5 Å². The Morgan fingerprint density at radius 3 is 2.56 bits per heavy atom. The summed E-state index contributed by atoms with van der Waals surface area (Å²) in [4.78, 5) is 1.78. The Balaban J connectivity index is 2.04. The van der Waals surface area contributed by atoms with Crippen LogP contribution in [-0.4, -0.2) is 36.4 Å². The summed E-state index contributed by atoms with van der Waals surface area (Å²) in [6.07, 6.45) is -4.33. The van der Waals surface area contributed by atoms with Crippen LogP contribution in [-0.2, 0) is 11.3 Å². The maximum absolute atomic E-state index is 12.9. The van der Waals surface area contributed by atoms with Gasteiger partial charge in [-0.1, -0.05) is 30.3 Å². The van der Waals surface area contributed by atoms with Gasteiger partial charge >= 0.3 is 6.18 Å². The minimum Gasteiger partial charge on any atom is -0.363 e. The van der Waals surface area contributed by atoms with E-state index in [1.807, 2.05) is 30.3 Å². The van der Waals surface area contributed by atoms with E-state index >= 15 is 0 Å². The van der Waals surface area contributed by atoms with Gasteiger partial charge in [-0.25, -0.2) is 0 Å². The molecule has 1 fully saturated rings. The average Bonchev–Trinajstić information content (AvgIpc) is 2.29. The minimum atomic E-state index is -4.33. The van der Waals surface area contributed by atoms with Gasteiger partial charge in [0.25, 0.3) is 0 Å². The number of benzene rings is 1. The summed E-state index contributed by atoms with van der Waals surface area (Å²) in [5, 5.41) is 0. The van der Waals surface area contributed by atoms with E-state index < -0.39 is 11.8 Å². The van der Waals surface area contributed by atoms with E-state index in [0.717, 1.165) is 12.5 Å². The molecule has 1 heterocycles. The molecule has 1 aliphatic rings. The van der Waals surface area contributed by atoms with E-state index in [1.165, 1.54) is 0 Å². The molecule has 0 aliphatic carbocycles. The summed E-state index contributed by atoms with van der Waals surface area (Å²) in [6, 6.07) is 9.50. The molecule has 0 radical (unpaired) electrons. The Bertz CT molecular complexity index is 393. The zero-order valence-electron chi connectivity index (χ0n) is 10.2. The third-order valence-corrected chi connectivity index (χ3v) is 3.20. The van der Waals surface area contributed by atoms with Crippen LogP contribution < -0.4 is 0 Å². The first kappa shape index (κ1) is 13.4. The summed E-state index contributed by atoms with van der Waals surface area (Å²) in [7, 11) is 0. The fraction of sp³-hybridized carbons (Fsp3) is 0.538. The third kappa shape index (κ3) is 2.84. The lowest BCUT2D eigenvalue weighted by atomic mass is 10.0. The van der Waals surface area contributed by atoms with Crippen LogP contribution in [0.1, 0.15) is 12.5 Å². The predicted octanol–water partition coefficient (Wildman–Crippen LogP) is 2.84. The predicted molar refractivity (Wildman–Crippen MR) is 62.1 cm³/mol. The highest BCUT2D eigenvalue weighted by Crippen LogP contribution is 2.36. The first-order valence-electron chi connectivity index (χ1n) is 5.88.